The standard InChI is InChI=1S/C26H23NO3/c1-4-18-7-5-6-8-22(18)27-26(29)20-11-9-19(10-12-20)24-15-23(28)21-14-16(2)13-17(3)25(21)30-24/h5-15H,4H2,1-3H3,(H,27,29). The first kappa shape index (κ1) is 19.6. The summed E-state index contributed by atoms with van der Waals surface area (Å²) in [6.07, 6.45) is 0.843. The molecule has 30 heavy (non-hydrogen) atoms. The maximum atomic E-state index is 12.7. The van der Waals surface area contributed by atoms with Crippen molar-refractivity contribution in [3.63, 3.8) is 0 Å². The highest BCUT2D eigenvalue weighted by atomic mass is 16.3. The van der Waals surface area contributed by atoms with Crippen LogP contribution in [-0.2, 0) is 6.42 Å². The van der Waals surface area contributed by atoms with Gasteiger partial charge >= 0.3 is 0 Å². The van der Waals surface area contributed by atoms with Crippen molar-refractivity contribution in [1.29, 1.82) is 0 Å². The Morgan fingerprint density at radius 2 is 1.70 bits per heavy atom. The second kappa shape index (κ2) is 7.99. The fraction of sp³-hybridized carbons (Fsp3) is 0.154. The molecule has 0 atom stereocenters. The maximum Gasteiger partial charge on any atom is 0.255 e. The zero-order valence-corrected chi connectivity index (χ0v) is 17.3. The van der Waals surface area contributed by atoms with E-state index < -0.39 is 0 Å². The molecule has 0 radical (unpaired) electrons. The van der Waals surface area contributed by atoms with E-state index in [2.05, 4.69) is 12.2 Å². The number of hydrogen-bond donors (Lipinski definition) is 1. The molecular weight excluding hydrogens is 374 g/mol. The van der Waals surface area contributed by atoms with Crippen molar-refractivity contribution >= 4 is 22.6 Å². The van der Waals surface area contributed by atoms with E-state index in [1.165, 1.54) is 6.07 Å². The lowest BCUT2D eigenvalue weighted by Crippen LogP contribution is -2.13. The lowest BCUT2D eigenvalue weighted by molar-refractivity contribution is 0.102. The van der Waals surface area contributed by atoms with Gasteiger partial charge in [0.1, 0.15) is 11.3 Å². The molecule has 150 valence electrons. The molecule has 1 N–H and O–H groups in total. The molecule has 0 spiro atoms. The number of anilines is 1. The van der Waals surface area contributed by atoms with Crippen molar-refractivity contribution in [1.82, 2.24) is 0 Å². The van der Waals surface area contributed by atoms with Crippen LogP contribution in [-0.4, -0.2) is 5.91 Å². The van der Waals surface area contributed by atoms with Gasteiger partial charge in [-0.15, -0.1) is 0 Å². The number of fused-ring (bicyclic) bond motifs is 1. The third-order valence-electron chi connectivity index (χ3n) is 5.24. The summed E-state index contributed by atoms with van der Waals surface area (Å²) in [5, 5.41) is 3.56. The Kier molecular flexibility index (Phi) is 5.23. The highest BCUT2D eigenvalue weighted by Gasteiger charge is 2.12. The second-order valence-electron chi connectivity index (χ2n) is 7.48. The molecule has 0 saturated heterocycles. The van der Waals surface area contributed by atoms with Crippen LogP contribution in [0.15, 0.2) is 75.9 Å². The van der Waals surface area contributed by atoms with Crippen molar-refractivity contribution in [2.24, 2.45) is 0 Å². The van der Waals surface area contributed by atoms with Crippen molar-refractivity contribution in [2.75, 3.05) is 5.32 Å². The van der Waals surface area contributed by atoms with Crippen LogP contribution in [0.1, 0.15) is 34.0 Å². The molecule has 3 aromatic carbocycles. The Labute approximate surface area is 175 Å². The van der Waals surface area contributed by atoms with Crippen LogP contribution < -0.4 is 10.7 Å². The topological polar surface area (TPSA) is 59.3 Å². The third kappa shape index (κ3) is 3.77. The molecular formula is C26H23NO3. The van der Waals surface area contributed by atoms with Crippen molar-refractivity contribution in [3.8, 4) is 11.3 Å². The van der Waals surface area contributed by atoms with E-state index in [4.69, 9.17) is 4.42 Å². The smallest absolute Gasteiger partial charge is 0.255 e. The Balaban J connectivity index is 1.64. The van der Waals surface area contributed by atoms with Crippen LogP contribution in [0.25, 0.3) is 22.3 Å². The molecule has 0 saturated carbocycles. The van der Waals surface area contributed by atoms with Crippen LogP contribution in [0, 0.1) is 13.8 Å². The van der Waals surface area contributed by atoms with E-state index >= 15 is 0 Å². The Morgan fingerprint density at radius 3 is 2.43 bits per heavy atom. The molecule has 4 aromatic rings. The molecule has 1 heterocycles. The quantitative estimate of drug-likeness (QED) is 0.467. The highest BCUT2D eigenvalue weighted by Crippen LogP contribution is 2.26. The molecule has 4 heteroatoms. The zero-order chi connectivity index (χ0) is 21.3. The van der Waals surface area contributed by atoms with Crippen LogP contribution in [0.4, 0.5) is 5.69 Å². The van der Waals surface area contributed by atoms with Gasteiger partial charge in [0.15, 0.2) is 5.43 Å². The monoisotopic (exact) mass is 397 g/mol. The number of carbonyl (C=O) groups is 1. The van der Waals surface area contributed by atoms with E-state index in [0.29, 0.717) is 22.3 Å². The van der Waals surface area contributed by atoms with E-state index in [-0.39, 0.29) is 11.3 Å². The maximum absolute atomic E-state index is 12.7. The predicted octanol–water partition coefficient (Wildman–Crippen LogP) is 5.89. The van der Waals surface area contributed by atoms with Crippen LogP contribution in [0.5, 0.6) is 0 Å². The normalized spacial score (nSPS) is 10.9. The number of benzene rings is 3. The number of amides is 1. The minimum atomic E-state index is -0.172. The van der Waals surface area contributed by atoms with Gasteiger partial charge in [-0.3, -0.25) is 9.59 Å². The van der Waals surface area contributed by atoms with Gasteiger partial charge in [-0.25, -0.2) is 0 Å². The Bertz CT molecular complexity index is 1300. The SMILES string of the molecule is CCc1ccccc1NC(=O)c1ccc(-c2cc(=O)c3cc(C)cc(C)c3o2)cc1. The highest BCUT2D eigenvalue weighted by molar-refractivity contribution is 6.04. The molecule has 4 rings (SSSR count). The Morgan fingerprint density at radius 1 is 0.967 bits per heavy atom. The first-order valence-corrected chi connectivity index (χ1v) is 10.0. The number of para-hydroxylation sites is 1. The fourth-order valence-corrected chi connectivity index (χ4v) is 3.68. The van der Waals surface area contributed by atoms with Gasteiger partial charge < -0.3 is 9.73 Å². The van der Waals surface area contributed by atoms with E-state index in [9.17, 15) is 9.59 Å². The summed E-state index contributed by atoms with van der Waals surface area (Å²) in [7, 11) is 0. The third-order valence-corrected chi connectivity index (χ3v) is 5.24. The first-order valence-electron chi connectivity index (χ1n) is 10.0. The lowest BCUT2D eigenvalue weighted by Gasteiger charge is -2.10. The number of carbonyl (C=O) groups excluding carboxylic acids is 1. The summed E-state index contributed by atoms with van der Waals surface area (Å²) in [6, 6.07) is 20.2. The van der Waals surface area contributed by atoms with Gasteiger partial charge in [-0.05, 0) is 61.2 Å². The average molecular weight is 397 g/mol. The number of aryl methyl sites for hydroxylation is 3. The molecule has 4 nitrogen and oxygen atoms in total. The predicted molar refractivity (Wildman–Crippen MR) is 121 cm³/mol. The fourth-order valence-electron chi connectivity index (χ4n) is 3.68. The summed E-state index contributed by atoms with van der Waals surface area (Å²) >= 11 is 0. The molecule has 0 aliphatic carbocycles. The van der Waals surface area contributed by atoms with Crippen LogP contribution >= 0.6 is 0 Å². The van der Waals surface area contributed by atoms with Gasteiger partial charge in [0, 0.05) is 22.9 Å². The summed E-state index contributed by atoms with van der Waals surface area (Å²) in [4.78, 5) is 25.2. The molecule has 0 aliphatic heterocycles. The van der Waals surface area contributed by atoms with E-state index in [1.807, 2.05) is 50.2 Å². The van der Waals surface area contributed by atoms with Gasteiger partial charge in [0.25, 0.3) is 5.91 Å². The molecule has 0 fully saturated rings. The number of hydrogen-bond acceptors (Lipinski definition) is 3. The molecule has 0 unspecified atom stereocenters. The Hall–Kier alpha value is -3.66. The second-order valence-corrected chi connectivity index (χ2v) is 7.48. The van der Waals surface area contributed by atoms with Gasteiger partial charge in [-0.1, -0.05) is 43.3 Å². The van der Waals surface area contributed by atoms with Crippen molar-refractivity contribution < 1.29 is 9.21 Å². The average Bonchev–Trinajstić information content (AvgIpc) is 2.75. The van der Waals surface area contributed by atoms with Gasteiger partial charge in [0.05, 0.1) is 5.39 Å². The number of rotatable bonds is 4. The van der Waals surface area contributed by atoms with E-state index in [1.54, 1.807) is 24.3 Å². The minimum Gasteiger partial charge on any atom is -0.456 e. The molecule has 1 aromatic heterocycles. The largest absolute Gasteiger partial charge is 0.456 e. The van der Waals surface area contributed by atoms with Gasteiger partial charge in [0.2, 0.25) is 0 Å². The summed E-state index contributed by atoms with van der Waals surface area (Å²) in [6.45, 7) is 5.95. The molecule has 0 bridgehead atoms. The first-order chi connectivity index (χ1) is 14.5. The van der Waals surface area contributed by atoms with Crippen LogP contribution in [0.3, 0.4) is 0 Å². The summed E-state index contributed by atoms with van der Waals surface area (Å²) in [5.41, 5.74) is 5.68. The van der Waals surface area contributed by atoms with E-state index in [0.717, 1.165) is 34.4 Å². The summed E-state index contributed by atoms with van der Waals surface area (Å²) < 4.78 is 6.04. The van der Waals surface area contributed by atoms with Crippen LogP contribution in [0.2, 0.25) is 0 Å². The molecule has 1 amide bonds. The zero-order valence-electron chi connectivity index (χ0n) is 17.3. The minimum absolute atomic E-state index is 0.0731. The van der Waals surface area contributed by atoms with Crippen molar-refractivity contribution in [2.45, 2.75) is 27.2 Å². The van der Waals surface area contributed by atoms with Crippen molar-refractivity contribution in [3.05, 3.63) is 99.2 Å². The van der Waals surface area contributed by atoms with Gasteiger partial charge in [-0.2, -0.15) is 0 Å². The molecule has 0 aliphatic rings. The summed E-state index contributed by atoms with van der Waals surface area (Å²) in [5.74, 6) is 0.316. The lowest BCUT2D eigenvalue weighted by atomic mass is 10.0. The number of nitrogens with one attached hydrogen (secondary N) is 1.